The zero-order chi connectivity index (χ0) is 17.1. The Morgan fingerprint density at radius 1 is 1.12 bits per heavy atom. The van der Waals surface area contributed by atoms with Gasteiger partial charge in [0.25, 0.3) is 0 Å². The van der Waals surface area contributed by atoms with Crippen molar-refractivity contribution in [3.05, 3.63) is 75.2 Å². The Hall–Kier alpha value is -3.22. The number of benzene rings is 1. The van der Waals surface area contributed by atoms with Gasteiger partial charge in [0.2, 0.25) is 11.1 Å². The first-order valence-electron chi connectivity index (χ1n) is 7.41. The summed E-state index contributed by atoms with van der Waals surface area (Å²) < 4.78 is 0. The molecule has 0 fully saturated rings. The molecule has 0 aliphatic heterocycles. The van der Waals surface area contributed by atoms with Gasteiger partial charge in [-0.2, -0.15) is 4.90 Å². The quantitative estimate of drug-likeness (QED) is 0.856. The second kappa shape index (κ2) is 6.49. The van der Waals surface area contributed by atoms with Crippen molar-refractivity contribution in [1.82, 2.24) is 9.89 Å². The molecule has 7 heteroatoms. The second-order valence-corrected chi connectivity index (χ2v) is 5.38. The Labute approximate surface area is 137 Å². The van der Waals surface area contributed by atoms with Crippen LogP contribution in [0.4, 0.5) is 0 Å². The van der Waals surface area contributed by atoms with Crippen LogP contribution in [0.2, 0.25) is 0 Å². The Morgan fingerprint density at radius 2 is 1.88 bits per heavy atom. The van der Waals surface area contributed by atoms with Crippen LogP contribution in [-0.4, -0.2) is 28.8 Å². The van der Waals surface area contributed by atoms with Crippen molar-refractivity contribution < 1.29 is 9.59 Å². The molecule has 0 radical (unpaired) electrons. The van der Waals surface area contributed by atoms with Gasteiger partial charge in [-0.3, -0.25) is 14.6 Å². The van der Waals surface area contributed by atoms with Crippen LogP contribution in [0.1, 0.15) is 32.8 Å². The van der Waals surface area contributed by atoms with Crippen LogP contribution in [0.3, 0.4) is 0 Å². The molecule has 1 N–H and O–H groups in total. The van der Waals surface area contributed by atoms with Crippen molar-refractivity contribution in [3.8, 4) is 0 Å². The Kier molecular flexibility index (Phi) is 4.24. The first kappa shape index (κ1) is 15.7. The molecule has 1 aromatic carbocycles. The number of aromatic amines is 1. The fraction of sp³-hybridized carbons (Fsp3) is 0.176. The fourth-order valence-corrected chi connectivity index (χ4v) is 2.61. The average molecular weight is 324 g/mol. The van der Waals surface area contributed by atoms with E-state index in [1.54, 1.807) is 24.3 Å². The molecule has 1 aliphatic carbocycles. The lowest BCUT2D eigenvalue weighted by molar-refractivity contribution is 0.0964. The summed E-state index contributed by atoms with van der Waals surface area (Å²) in [6.07, 6.45) is 1.90. The van der Waals surface area contributed by atoms with E-state index in [0.29, 0.717) is 23.2 Å². The molecule has 1 aliphatic rings. The number of H-pyrrole nitrogens is 1. The van der Waals surface area contributed by atoms with E-state index >= 15 is 0 Å². The van der Waals surface area contributed by atoms with Gasteiger partial charge < -0.3 is 15.4 Å². The maximum absolute atomic E-state index is 12.4. The summed E-state index contributed by atoms with van der Waals surface area (Å²) in [5.74, 6) is -0.348. The molecular formula is C17H14N3O4-. The Morgan fingerprint density at radius 3 is 2.62 bits per heavy atom. The molecule has 0 amide bonds. The Bertz CT molecular complexity index is 908. The molecule has 3 rings (SSSR count). The number of Topliss-reactive ketones (excluding diaryl/α,β-unsaturated/α-hetero) is 2. The third kappa shape index (κ3) is 3.10. The van der Waals surface area contributed by atoms with Crippen molar-refractivity contribution in [1.29, 1.82) is 0 Å². The third-order valence-electron chi connectivity index (χ3n) is 3.80. The number of hydrogen-bond donors (Lipinski definition) is 1. The van der Waals surface area contributed by atoms with Crippen LogP contribution >= 0.6 is 0 Å². The first-order valence-corrected chi connectivity index (χ1v) is 7.41. The summed E-state index contributed by atoms with van der Waals surface area (Å²) >= 11 is 0. The number of nitrogens with one attached hydrogen (secondary N) is 1. The monoisotopic (exact) mass is 324 g/mol. The maximum Gasteiger partial charge on any atom is 0.225 e. The molecule has 1 aromatic heterocycles. The minimum Gasteiger partial charge on any atom is -0.612 e. The molecule has 0 unspecified atom stereocenters. The topological polar surface area (TPSA) is 111 Å². The molecule has 0 atom stereocenters. The lowest BCUT2D eigenvalue weighted by Gasteiger charge is -2.15. The standard InChI is InChI=1S/C17H14N3O4/c21-16-10-15(17(22)14-4-2-1-3-13(14)16)19-7-5-11-9-12(20(23)24)6-8-18-11/h1-4,6,8-9H,5,7,10H2,(H-,18,19,21,22,23,24)/q-1. The number of rotatable bonds is 3. The molecule has 2 aromatic rings. The van der Waals surface area contributed by atoms with E-state index in [1.165, 1.54) is 18.3 Å². The van der Waals surface area contributed by atoms with Crippen LogP contribution in [0.25, 0.3) is 0 Å². The number of ketones is 2. The number of nitrogens with zero attached hydrogens (tertiary/aromatic N) is 2. The van der Waals surface area contributed by atoms with E-state index in [1.807, 2.05) is 0 Å². The predicted molar refractivity (Wildman–Crippen MR) is 88.5 cm³/mol. The van der Waals surface area contributed by atoms with Gasteiger partial charge >= 0.3 is 0 Å². The van der Waals surface area contributed by atoms with E-state index in [9.17, 15) is 20.0 Å². The number of hydrogen-bond acceptors (Lipinski definition) is 5. The van der Waals surface area contributed by atoms with Gasteiger partial charge in [-0.25, -0.2) is 0 Å². The van der Waals surface area contributed by atoms with Crippen LogP contribution in [-0.2, 0) is 6.42 Å². The summed E-state index contributed by atoms with van der Waals surface area (Å²) in [6, 6.07) is 9.51. The average Bonchev–Trinajstić information content (AvgIpc) is 2.59. The van der Waals surface area contributed by atoms with Crippen molar-refractivity contribution >= 4 is 17.3 Å². The highest BCUT2D eigenvalue weighted by atomic mass is 16.8. The summed E-state index contributed by atoms with van der Waals surface area (Å²) in [6.45, 7) is 0.272. The summed E-state index contributed by atoms with van der Waals surface area (Å²) in [4.78, 5) is 31.1. The number of fused-ring (bicyclic) bond motifs is 1. The van der Waals surface area contributed by atoms with Crippen molar-refractivity contribution in [2.75, 3.05) is 6.54 Å². The van der Waals surface area contributed by atoms with Gasteiger partial charge in [0, 0.05) is 48.1 Å². The molecule has 24 heavy (non-hydrogen) atoms. The zero-order valence-corrected chi connectivity index (χ0v) is 12.7. The van der Waals surface area contributed by atoms with Crippen LogP contribution < -0.4 is 10.3 Å². The van der Waals surface area contributed by atoms with Crippen molar-refractivity contribution in [2.45, 2.75) is 12.8 Å². The lowest BCUT2D eigenvalue weighted by atomic mass is 9.88. The van der Waals surface area contributed by atoms with Crippen LogP contribution in [0, 0.1) is 10.4 Å². The summed E-state index contributed by atoms with van der Waals surface area (Å²) in [7, 11) is 0. The van der Waals surface area contributed by atoms with E-state index in [4.69, 9.17) is 0 Å². The highest BCUT2D eigenvalue weighted by Gasteiger charge is 2.28. The van der Waals surface area contributed by atoms with Crippen LogP contribution in [0.5, 0.6) is 0 Å². The van der Waals surface area contributed by atoms with Gasteiger partial charge in [-0.15, -0.1) is 0 Å². The minimum absolute atomic E-state index is 0.00532. The molecular weight excluding hydrogens is 310 g/mol. The number of pyridine rings is 1. The second-order valence-electron chi connectivity index (χ2n) is 5.38. The number of carbonyl (C=O) groups excluding carboxylic acids is 2. The molecule has 0 bridgehead atoms. The third-order valence-corrected chi connectivity index (χ3v) is 3.80. The maximum atomic E-state index is 12.4. The van der Waals surface area contributed by atoms with Gasteiger partial charge in [-0.1, -0.05) is 24.3 Å². The number of aliphatic imine (C=N–C) groups is 1. The minimum atomic E-state index is -0.469. The summed E-state index contributed by atoms with van der Waals surface area (Å²) in [5, 5.41) is 21.5. The highest BCUT2D eigenvalue weighted by Crippen LogP contribution is 2.19. The van der Waals surface area contributed by atoms with Crippen molar-refractivity contribution in [2.24, 2.45) is 4.99 Å². The van der Waals surface area contributed by atoms with E-state index < -0.39 is 4.90 Å². The highest BCUT2D eigenvalue weighted by molar-refractivity contribution is 6.52. The fourth-order valence-electron chi connectivity index (χ4n) is 2.61. The SMILES string of the molecule is O=C1CC(=NCCc2cc(=[N+]([O-])[O-])cc[nH]2)C(=O)c2ccccc21. The smallest absolute Gasteiger partial charge is 0.225 e. The number of aromatic nitrogens is 1. The van der Waals surface area contributed by atoms with Crippen LogP contribution in [0.15, 0.2) is 47.6 Å². The molecule has 7 nitrogen and oxygen atoms in total. The zero-order valence-electron chi connectivity index (χ0n) is 12.7. The van der Waals surface area contributed by atoms with E-state index in [-0.39, 0.29) is 35.6 Å². The molecule has 0 saturated carbocycles. The van der Waals surface area contributed by atoms with E-state index in [2.05, 4.69) is 9.98 Å². The van der Waals surface area contributed by atoms with Crippen molar-refractivity contribution in [3.63, 3.8) is 0 Å². The first-order chi connectivity index (χ1) is 11.6. The molecule has 1 heterocycles. The molecule has 122 valence electrons. The van der Waals surface area contributed by atoms with Gasteiger partial charge in [0.1, 0.15) is 0 Å². The Balaban J connectivity index is 1.77. The summed E-state index contributed by atoms with van der Waals surface area (Å²) in [5.41, 5.74) is 1.70. The molecule has 0 spiro atoms. The van der Waals surface area contributed by atoms with Gasteiger partial charge in [0.15, 0.2) is 5.78 Å². The normalized spacial score (nSPS) is 15.4. The predicted octanol–water partition coefficient (Wildman–Crippen LogP) is 1.24. The largest absolute Gasteiger partial charge is 0.612 e. The number of carbonyl (C=O) groups is 2. The van der Waals surface area contributed by atoms with Gasteiger partial charge in [0.05, 0.1) is 12.1 Å². The van der Waals surface area contributed by atoms with Gasteiger partial charge in [-0.05, 0) is 0 Å². The lowest BCUT2D eigenvalue weighted by Crippen LogP contribution is -2.27. The molecule has 0 saturated heterocycles. The van der Waals surface area contributed by atoms with E-state index in [0.717, 1.165) is 0 Å².